The highest BCUT2D eigenvalue weighted by atomic mass is 16.3. The van der Waals surface area contributed by atoms with Gasteiger partial charge in [-0.05, 0) is 64.7 Å². The van der Waals surface area contributed by atoms with E-state index < -0.39 is 0 Å². The molecule has 7 aromatic carbocycles. The van der Waals surface area contributed by atoms with Gasteiger partial charge < -0.3 is 8.83 Å². The number of benzene rings is 7. The maximum atomic E-state index is 6.45. The van der Waals surface area contributed by atoms with Gasteiger partial charge in [0.05, 0.1) is 11.4 Å². The van der Waals surface area contributed by atoms with Crippen LogP contribution in [0.2, 0.25) is 0 Å². The minimum atomic E-state index is 0.639. The molecule has 0 bridgehead atoms. The Morgan fingerprint density at radius 2 is 0.880 bits per heavy atom. The molecule has 0 radical (unpaired) electrons. The van der Waals surface area contributed by atoms with E-state index >= 15 is 0 Å². The largest absolute Gasteiger partial charge is 0.456 e. The van der Waals surface area contributed by atoms with Crippen LogP contribution in [0.15, 0.2) is 179 Å². The topological polar surface area (TPSA) is 52.1 Å². The SMILES string of the molecule is c1ccc(-c2cccc(-c3ccc(-c4nc(-c5ccc6c(c5)oc5ccccc56)cc(-c5cccc6c5oc5ccccc56)n4)cc3)c2)cc1. The third-order valence-electron chi connectivity index (χ3n) is 9.53. The van der Waals surface area contributed by atoms with Gasteiger partial charge >= 0.3 is 0 Å². The number of nitrogens with zero attached hydrogens (tertiary/aromatic N) is 2. The molecule has 10 aromatic rings. The second kappa shape index (κ2) is 11.4. The van der Waals surface area contributed by atoms with Gasteiger partial charge in [-0.1, -0.05) is 127 Å². The molecule has 10 rings (SSSR count). The molecule has 0 amide bonds. The van der Waals surface area contributed by atoms with Gasteiger partial charge in [-0.2, -0.15) is 0 Å². The predicted octanol–water partition coefficient (Wildman–Crippen LogP) is 12.6. The summed E-state index contributed by atoms with van der Waals surface area (Å²) in [5, 5.41) is 4.33. The third-order valence-corrected chi connectivity index (χ3v) is 9.53. The van der Waals surface area contributed by atoms with Crippen LogP contribution in [0.25, 0.3) is 100 Å². The smallest absolute Gasteiger partial charge is 0.160 e. The fourth-order valence-corrected chi connectivity index (χ4v) is 7.02. The fourth-order valence-electron chi connectivity index (χ4n) is 7.02. The van der Waals surface area contributed by atoms with Gasteiger partial charge in [-0.3, -0.25) is 0 Å². The van der Waals surface area contributed by atoms with Crippen molar-refractivity contribution in [3.8, 4) is 56.2 Å². The Morgan fingerprint density at radius 1 is 0.320 bits per heavy atom. The van der Waals surface area contributed by atoms with E-state index in [-0.39, 0.29) is 0 Å². The zero-order valence-electron chi connectivity index (χ0n) is 26.9. The minimum Gasteiger partial charge on any atom is -0.456 e. The van der Waals surface area contributed by atoms with Gasteiger partial charge in [0.25, 0.3) is 0 Å². The Hall–Kier alpha value is -6.78. The molecule has 0 saturated carbocycles. The molecule has 0 aliphatic heterocycles. The van der Waals surface area contributed by atoms with Crippen LogP contribution in [0.5, 0.6) is 0 Å². The van der Waals surface area contributed by atoms with Crippen LogP contribution in [0.3, 0.4) is 0 Å². The van der Waals surface area contributed by atoms with Gasteiger partial charge in [0, 0.05) is 38.2 Å². The Bertz CT molecular complexity index is 2860. The lowest BCUT2D eigenvalue weighted by molar-refractivity contribution is 0.669. The molecule has 4 nitrogen and oxygen atoms in total. The highest BCUT2D eigenvalue weighted by molar-refractivity contribution is 6.09. The van der Waals surface area contributed by atoms with Gasteiger partial charge in [-0.15, -0.1) is 0 Å². The summed E-state index contributed by atoms with van der Waals surface area (Å²) in [5.74, 6) is 0.639. The van der Waals surface area contributed by atoms with E-state index in [2.05, 4.69) is 127 Å². The quantitative estimate of drug-likeness (QED) is 0.188. The van der Waals surface area contributed by atoms with Crippen molar-refractivity contribution in [1.82, 2.24) is 9.97 Å². The van der Waals surface area contributed by atoms with Crippen molar-refractivity contribution in [2.24, 2.45) is 0 Å². The van der Waals surface area contributed by atoms with E-state index in [0.717, 1.165) is 83.1 Å². The summed E-state index contributed by atoms with van der Waals surface area (Å²) >= 11 is 0. The molecule has 0 N–H and O–H groups in total. The summed E-state index contributed by atoms with van der Waals surface area (Å²) in [7, 11) is 0. The monoisotopic (exact) mass is 640 g/mol. The molecule has 0 unspecified atom stereocenters. The Morgan fingerprint density at radius 3 is 1.68 bits per heavy atom. The molecule has 0 fully saturated rings. The second-order valence-corrected chi connectivity index (χ2v) is 12.6. The van der Waals surface area contributed by atoms with Crippen molar-refractivity contribution in [3.63, 3.8) is 0 Å². The number of aromatic nitrogens is 2. The molecule has 0 saturated heterocycles. The summed E-state index contributed by atoms with van der Waals surface area (Å²) in [5.41, 5.74) is 12.4. The van der Waals surface area contributed by atoms with E-state index in [1.165, 1.54) is 11.1 Å². The van der Waals surface area contributed by atoms with Crippen molar-refractivity contribution in [2.75, 3.05) is 0 Å². The molecule has 0 spiro atoms. The molecule has 4 heteroatoms. The third kappa shape index (κ3) is 4.77. The van der Waals surface area contributed by atoms with Gasteiger partial charge in [0.15, 0.2) is 5.82 Å². The molecule has 0 aliphatic rings. The number of furan rings is 2. The Balaban J connectivity index is 1.12. The van der Waals surface area contributed by atoms with E-state index in [1.54, 1.807) is 0 Å². The first kappa shape index (κ1) is 28.3. The minimum absolute atomic E-state index is 0.639. The second-order valence-electron chi connectivity index (χ2n) is 12.6. The van der Waals surface area contributed by atoms with Crippen LogP contribution < -0.4 is 0 Å². The molecule has 3 heterocycles. The number of hydrogen-bond acceptors (Lipinski definition) is 4. The first-order valence-electron chi connectivity index (χ1n) is 16.7. The lowest BCUT2D eigenvalue weighted by Crippen LogP contribution is -1.96. The molecule has 0 atom stereocenters. The zero-order valence-corrected chi connectivity index (χ0v) is 26.9. The van der Waals surface area contributed by atoms with Crippen molar-refractivity contribution in [1.29, 1.82) is 0 Å². The molecule has 234 valence electrons. The van der Waals surface area contributed by atoms with Crippen molar-refractivity contribution >= 4 is 43.9 Å². The van der Waals surface area contributed by atoms with Crippen LogP contribution >= 0.6 is 0 Å². The van der Waals surface area contributed by atoms with Crippen LogP contribution in [0.1, 0.15) is 0 Å². The first-order chi connectivity index (χ1) is 24.7. The van der Waals surface area contributed by atoms with Crippen LogP contribution in [-0.2, 0) is 0 Å². The maximum absolute atomic E-state index is 6.45. The number of para-hydroxylation sites is 3. The van der Waals surface area contributed by atoms with E-state index in [1.807, 2.05) is 42.5 Å². The highest BCUT2D eigenvalue weighted by Crippen LogP contribution is 2.38. The van der Waals surface area contributed by atoms with E-state index in [0.29, 0.717) is 5.82 Å². The first-order valence-corrected chi connectivity index (χ1v) is 16.7. The van der Waals surface area contributed by atoms with Crippen LogP contribution in [0, 0.1) is 0 Å². The van der Waals surface area contributed by atoms with Crippen LogP contribution in [-0.4, -0.2) is 9.97 Å². The van der Waals surface area contributed by atoms with Gasteiger partial charge in [0.2, 0.25) is 0 Å². The Kier molecular flexibility index (Phi) is 6.46. The number of rotatable bonds is 5. The summed E-state index contributed by atoms with van der Waals surface area (Å²) in [6.07, 6.45) is 0. The Labute approximate surface area is 287 Å². The summed E-state index contributed by atoms with van der Waals surface area (Å²) in [6.45, 7) is 0. The average Bonchev–Trinajstić information content (AvgIpc) is 3.76. The molecule has 3 aromatic heterocycles. The molecular formula is C46H28N2O2. The number of hydrogen-bond donors (Lipinski definition) is 0. The van der Waals surface area contributed by atoms with Gasteiger partial charge in [0.1, 0.15) is 22.3 Å². The van der Waals surface area contributed by atoms with Crippen LogP contribution in [0.4, 0.5) is 0 Å². The fraction of sp³-hybridized carbons (Fsp3) is 0. The summed E-state index contributed by atoms with van der Waals surface area (Å²) in [4.78, 5) is 10.3. The highest BCUT2D eigenvalue weighted by Gasteiger charge is 2.17. The normalized spacial score (nSPS) is 11.6. The molecular weight excluding hydrogens is 613 g/mol. The van der Waals surface area contributed by atoms with Crippen molar-refractivity contribution in [2.45, 2.75) is 0 Å². The average molecular weight is 641 g/mol. The predicted molar refractivity (Wildman–Crippen MR) is 204 cm³/mol. The van der Waals surface area contributed by atoms with E-state index in [9.17, 15) is 0 Å². The molecule has 0 aliphatic carbocycles. The lowest BCUT2D eigenvalue weighted by Gasteiger charge is -2.11. The summed E-state index contributed by atoms with van der Waals surface area (Å²) in [6, 6.07) is 58.6. The number of fused-ring (bicyclic) bond motifs is 6. The van der Waals surface area contributed by atoms with E-state index in [4.69, 9.17) is 18.8 Å². The maximum Gasteiger partial charge on any atom is 0.160 e. The standard InChI is InChI=1S/C46H28N2O2/c1-2-10-29(11-3-1)32-12-8-13-33(26-32)30-20-22-31(23-21-30)46-47-40(34-24-25-37-35-14-4-6-18-42(35)49-44(37)27-34)28-41(48-46)39-17-9-16-38-36-15-5-7-19-43(36)50-45(38)39/h1-28H. The van der Waals surface area contributed by atoms with Crippen molar-refractivity contribution in [3.05, 3.63) is 170 Å². The summed E-state index contributed by atoms with van der Waals surface area (Å²) < 4.78 is 12.7. The van der Waals surface area contributed by atoms with Crippen molar-refractivity contribution < 1.29 is 8.83 Å². The lowest BCUT2D eigenvalue weighted by atomic mass is 9.98. The molecule has 50 heavy (non-hydrogen) atoms. The zero-order chi connectivity index (χ0) is 33.0. The van der Waals surface area contributed by atoms with Gasteiger partial charge in [-0.25, -0.2) is 9.97 Å².